The van der Waals surface area contributed by atoms with Crippen LogP contribution in [0.5, 0.6) is 0 Å². The van der Waals surface area contributed by atoms with Gasteiger partial charge in [0.15, 0.2) is 0 Å². The van der Waals surface area contributed by atoms with Crippen LogP contribution in [0.15, 0.2) is 29.9 Å². The van der Waals surface area contributed by atoms with Gasteiger partial charge in [0.05, 0.1) is 21.0 Å². The van der Waals surface area contributed by atoms with Crippen LogP contribution < -0.4 is 5.73 Å². The summed E-state index contributed by atoms with van der Waals surface area (Å²) < 4.78 is 14.8. The number of aromatic nitrogens is 3. The number of nitrogens with two attached hydrogens (primary N) is 1. The molecule has 2 N–H and O–H groups in total. The number of aryl methyl sites for hydroxylation is 1. The van der Waals surface area contributed by atoms with Crippen molar-refractivity contribution in [3.05, 3.63) is 40.7 Å². The van der Waals surface area contributed by atoms with Crippen LogP contribution in [-0.2, 0) is 7.05 Å². The maximum absolute atomic E-state index is 13.2. The molecule has 0 radical (unpaired) electrons. The summed E-state index contributed by atoms with van der Waals surface area (Å²) in [6, 6.07) is 4.22. The van der Waals surface area contributed by atoms with Gasteiger partial charge in [-0.2, -0.15) is 5.10 Å². The van der Waals surface area contributed by atoms with E-state index in [0.717, 1.165) is 4.88 Å². The van der Waals surface area contributed by atoms with Gasteiger partial charge in [-0.25, -0.2) is 4.39 Å². The molecule has 0 bridgehead atoms. The summed E-state index contributed by atoms with van der Waals surface area (Å²) in [6.07, 6.45) is 1.72. The SMILES string of the molecule is Cn1nc(-c2cncs2)c(-c2ccc(F)cc2Cl)c1N. The fourth-order valence-electron chi connectivity index (χ4n) is 2.00. The molecule has 3 rings (SSSR count). The van der Waals surface area contributed by atoms with Gasteiger partial charge < -0.3 is 5.73 Å². The molecule has 0 saturated carbocycles. The highest BCUT2D eigenvalue weighted by molar-refractivity contribution is 7.13. The lowest BCUT2D eigenvalue weighted by Crippen LogP contribution is -1.98. The molecule has 2 aromatic heterocycles. The summed E-state index contributed by atoms with van der Waals surface area (Å²) in [5.41, 5.74) is 9.85. The van der Waals surface area contributed by atoms with Crippen molar-refractivity contribution in [1.82, 2.24) is 14.8 Å². The fourth-order valence-corrected chi connectivity index (χ4v) is 2.87. The number of rotatable bonds is 2. The summed E-state index contributed by atoms with van der Waals surface area (Å²) in [4.78, 5) is 4.93. The molecule has 0 atom stereocenters. The first-order chi connectivity index (χ1) is 9.58. The van der Waals surface area contributed by atoms with E-state index < -0.39 is 0 Å². The van der Waals surface area contributed by atoms with E-state index in [-0.39, 0.29) is 5.82 Å². The molecule has 1 aromatic carbocycles. The van der Waals surface area contributed by atoms with E-state index in [4.69, 9.17) is 17.3 Å². The van der Waals surface area contributed by atoms with E-state index in [1.165, 1.54) is 23.5 Å². The molecule has 0 aliphatic rings. The first-order valence-corrected chi connectivity index (χ1v) is 7.00. The minimum absolute atomic E-state index is 0.301. The molecule has 0 saturated heterocycles. The van der Waals surface area contributed by atoms with Crippen molar-refractivity contribution >= 4 is 28.8 Å². The van der Waals surface area contributed by atoms with Gasteiger partial charge in [0, 0.05) is 18.8 Å². The molecule has 0 fully saturated rings. The zero-order valence-electron chi connectivity index (χ0n) is 10.5. The quantitative estimate of drug-likeness (QED) is 0.787. The minimum atomic E-state index is -0.388. The first kappa shape index (κ1) is 13.1. The fraction of sp³-hybridized carbons (Fsp3) is 0.0769. The summed E-state index contributed by atoms with van der Waals surface area (Å²) in [7, 11) is 1.75. The Bertz CT molecular complexity index is 767. The van der Waals surface area contributed by atoms with Crippen LogP contribution >= 0.6 is 22.9 Å². The molecule has 4 nitrogen and oxygen atoms in total. The predicted molar refractivity (Wildman–Crippen MR) is 79.1 cm³/mol. The molecule has 7 heteroatoms. The summed E-state index contributed by atoms with van der Waals surface area (Å²) >= 11 is 7.59. The van der Waals surface area contributed by atoms with Crippen molar-refractivity contribution in [2.24, 2.45) is 7.05 Å². The molecule has 0 aliphatic heterocycles. The lowest BCUT2D eigenvalue weighted by atomic mass is 10.0. The summed E-state index contributed by atoms with van der Waals surface area (Å²) in [5, 5.41) is 4.70. The van der Waals surface area contributed by atoms with E-state index >= 15 is 0 Å². The Morgan fingerprint density at radius 3 is 2.85 bits per heavy atom. The Balaban J connectivity index is 2.28. The Morgan fingerprint density at radius 2 is 2.20 bits per heavy atom. The molecule has 2 heterocycles. The highest BCUT2D eigenvalue weighted by atomic mass is 35.5. The van der Waals surface area contributed by atoms with Gasteiger partial charge in [-0.15, -0.1) is 11.3 Å². The zero-order chi connectivity index (χ0) is 14.3. The normalized spacial score (nSPS) is 10.9. The second kappa shape index (κ2) is 4.88. The molecule has 102 valence electrons. The van der Waals surface area contributed by atoms with Gasteiger partial charge in [-0.1, -0.05) is 11.6 Å². The van der Waals surface area contributed by atoms with E-state index in [1.807, 2.05) is 0 Å². The van der Waals surface area contributed by atoms with Crippen LogP contribution in [0.3, 0.4) is 0 Å². The van der Waals surface area contributed by atoms with Crippen molar-refractivity contribution in [2.45, 2.75) is 0 Å². The molecule has 0 unspecified atom stereocenters. The van der Waals surface area contributed by atoms with E-state index in [9.17, 15) is 4.39 Å². The highest BCUT2D eigenvalue weighted by Crippen LogP contribution is 2.40. The number of hydrogen-bond acceptors (Lipinski definition) is 4. The second-order valence-electron chi connectivity index (χ2n) is 4.22. The lowest BCUT2D eigenvalue weighted by molar-refractivity contribution is 0.628. The number of hydrogen-bond donors (Lipinski definition) is 1. The van der Waals surface area contributed by atoms with Crippen molar-refractivity contribution in [2.75, 3.05) is 5.73 Å². The van der Waals surface area contributed by atoms with Gasteiger partial charge in [0.2, 0.25) is 0 Å². The Morgan fingerprint density at radius 1 is 1.40 bits per heavy atom. The lowest BCUT2D eigenvalue weighted by Gasteiger charge is -2.05. The van der Waals surface area contributed by atoms with Crippen LogP contribution in [0.4, 0.5) is 10.2 Å². The number of thiazole rings is 1. The maximum atomic E-state index is 13.2. The van der Waals surface area contributed by atoms with Crippen molar-refractivity contribution in [3.8, 4) is 21.7 Å². The number of nitrogens with zero attached hydrogens (tertiary/aromatic N) is 3. The van der Waals surface area contributed by atoms with Crippen molar-refractivity contribution in [3.63, 3.8) is 0 Å². The largest absolute Gasteiger partial charge is 0.383 e. The van der Waals surface area contributed by atoms with Crippen LogP contribution in [0.2, 0.25) is 5.02 Å². The van der Waals surface area contributed by atoms with Crippen molar-refractivity contribution in [1.29, 1.82) is 0 Å². The number of nitrogen functional groups attached to an aromatic ring is 1. The highest BCUT2D eigenvalue weighted by Gasteiger charge is 2.20. The molecular formula is C13H10ClFN4S. The maximum Gasteiger partial charge on any atom is 0.130 e. The van der Waals surface area contributed by atoms with E-state index in [1.54, 1.807) is 29.5 Å². The van der Waals surface area contributed by atoms with Crippen LogP contribution in [0.25, 0.3) is 21.7 Å². The Kier molecular flexibility index (Phi) is 3.19. The monoisotopic (exact) mass is 308 g/mol. The molecule has 0 amide bonds. The summed E-state index contributed by atoms with van der Waals surface area (Å²) in [5.74, 6) is 0.0856. The van der Waals surface area contributed by atoms with E-state index in [2.05, 4.69) is 10.1 Å². The van der Waals surface area contributed by atoms with E-state index in [0.29, 0.717) is 27.7 Å². The first-order valence-electron chi connectivity index (χ1n) is 5.74. The third-order valence-electron chi connectivity index (χ3n) is 2.96. The zero-order valence-corrected chi connectivity index (χ0v) is 12.0. The molecule has 0 aliphatic carbocycles. The van der Waals surface area contributed by atoms with Gasteiger partial charge in [-0.05, 0) is 18.2 Å². The minimum Gasteiger partial charge on any atom is -0.383 e. The average Bonchev–Trinajstić information content (AvgIpc) is 3.01. The Hall–Kier alpha value is -1.92. The molecular weight excluding hydrogens is 299 g/mol. The van der Waals surface area contributed by atoms with Gasteiger partial charge in [0.1, 0.15) is 17.3 Å². The van der Waals surface area contributed by atoms with Gasteiger partial charge in [-0.3, -0.25) is 9.67 Å². The molecule has 20 heavy (non-hydrogen) atoms. The van der Waals surface area contributed by atoms with Crippen LogP contribution in [0, 0.1) is 5.82 Å². The van der Waals surface area contributed by atoms with Gasteiger partial charge >= 0.3 is 0 Å². The number of benzene rings is 1. The number of anilines is 1. The average molecular weight is 309 g/mol. The third-order valence-corrected chi connectivity index (χ3v) is 4.05. The molecule has 0 spiro atoms. The topological polar surface area (TPSA) is 56.7 Å². The van der Waals surface area contributed by atoms with Crippen LogP contribution in [-0.4, -0.2) is 14.8 Å². The summed E-state index contributed by atoms with van der Waals surface area (Å²) in [6.45, 7) is 0. The molecule has 3 aromatic rings. The predicted octanol–water partition coefficient (Wildman–Crippen LogP) is 3.59. The third kappa shape index (κ3) is 2.07. The van der Waals surface area contributed by atoms with Crippen LogP contribution in [0.1, 0.15) is 0 Å². The standard InChI is InChI=1S/C13H10ClFN4S/c1-19-13(16)11(8-3-2-7(15)4-9(8)14)12(18-19)10-5-17-6-20-10/h2-6H,16H2,1H3. The number of halogens is 2. The second-order valence-corrected chi connectivity index (χ2v) is 5.52. The van der Waals surface area contributed by atoms with Gasteiger partial charge in [0.25, 0.3) is 0 Å². The Labute approximate surface area is 123 Å². The van der Waals surface area contributed by atoms with Crippen molar-refractivity contribution < 1.29 is 4.39 Å². The smallest absolute Gasteiger partial charge is 0.130 e.